The average Bonchev–Trinajstić information content (AvgIpc) is 2.83. The lowest BCUT2D eigenvalue weighted by Gasteiger charge is -2.10. The first-order valence-corrected chi connectivity index (χ1v) is 9.97. The van der Waals surface area contributed by atoms with Crippen molar-refractivity contribution in [2.24, 2.45) is 0 Å². The molecule has 1 atom stereocenters. The molecule has 1 aliphatic rings. The molecule has 130 valence electrons. The second kappa shape index (κ2) is 7.94. The number of hydrogen-bond acceptors (Lipinski definition) is 5. The lowest BCUT2D eigenvalue weighted by atomic mass is 10.1. The molecule has 1 heterocycles. The molecule has 1 aromatic rings. The Bertz CT molecular complexity index is 773. The summed E-state index contributed by atoms with van der Waals surface area (Å²) < 4.78 is 28.3. The molecule has 0 aromatic heterocycles. The minimum absolute atomic E-state index is 0.0615. The molecular weight excluding hydrogens is 398 g/mol. The second-order valence-electron chi connectivity index (χ2n) is 5.63. The van der Waals surface area contributed by atoms with Gasteiger partial charge in [0.1, 0.15) is 0 Å². The summed E-state index contributed by atoms with van der Waals surface area (Å²) in [6.07, 6.45) is 3.22. The van der Waals surface area contributed by atoms with Crippen LogP contribution in [0.5, 0.6) is 0 Å². The largest absolute Gasteiger partial charge is 0.452 e. The van der Waals surface area contributed by atoms with Gasteiger partial charge in [-0.3, -0.25) is 4.79 Å². The van der Waals surface area contributed by atoms with Gasteiger partial charge in [0.25, 0.3) is 5.91 Å². The number of rotatable bonds is 5. The van der Waals surface area contributed by atoms with E-state index in [-0.39, 0.29) is 11.5 Å². The van der Waals surface area contributed by atoms with E-state index in [0.717, 1.165) is 15.6 Å². The van der Waals surface area contributed by atoms with Crippen LogP contribution >= 0.6 is 15.9 Å². The monoisotopic (exact) mass is 415 g/mol. The third kappa shape index (κ3) is 5.76. The Labute approximate surface area is 149 Å². The lowest BCUT2D eigenvalue weighted by molar-refractivity contribution is -0.143. The van der Waals surface area contributed by atoms with Crippen LogP contribution in [-0.4, -0.2) is 44.4 Å². The number of carbonyl (C=O) groups excluding carboxylic acids is 2. The molecule has 6 nitrogen and oxygen atoms in total. The highest BCUT2D eigenvalue weighted by Crippen LogP contribution is 2.19. The predicted octanol–water partition coefficient (Wildman–Crippen LogP) is 1.62. The lowest BCUT2D eigenvalue weighted by Crippen LogP contribution is -2.38. The maximum Gasteiger partial charge on any atom is 0.331 e. The van der Waals surface area contributed by atoms with Crippen LogP contribution in [0.2, 0.25) is 0 Å². The third-order valence-corrected chi connectivity index (χ3v) is 5.95. The van der Waals surface area contributed by atoms with Gasteiger partial charge in [0.05, 0.1) is 11.5 Å². The van der Waals surface area contributed by atoms with Crippen molar-refractivity contribution in [1.29, 1.82) is 0 Å². The SMILES string of the molecule is Cc1ccc(/C=C/C(=O)OCC(=O)N[C@H]2CCS(=O)(=O)C2)c(Br)c1. The predicted molar refractivity (Wildman–Crippen MR) is 94.1 cm³/mol. The smallest absolute Gasteiger partial charge is 0.331 e. The highest BCUT2D eigenvalue weighted by atomic mass is 79.9. The van der Waals surface area contributed by atoms with Crippen LogP contribution in [0.25, 0.3) is 6.08 Å². The Morgan fingerprint density at radius 1 is 1.42 bits per heavy atom. The molecular formula is C16H18BrNO5S. The minimum Gasteiger partial charge on any atom is -0.452 e. The van der Waals surface area contributed by atoms with Crippen molar-refractivity contribution < 1.29 is 22.7 Å². The summed E-state index contributed by atoms with van der Waals surface area (Å²) in [6.45, 7) is 1.52. The summed E-state index contributed by atoms with van der Waals surface area (Å²) >= 11 is 3.40. The van der Waals surface area contributed by atoms with Gasteiger partial charge in [0.15, 0.2) is 16.4 Å². The number of carbonyl (C=O) groups is 2. The van der Waals surface area contributed by atoms with E-state index >= 15 is 0 Å². The van der Waals surface area contributed by atoms with Gasteiger partial charge in [0, 0.05) is 16.6 Å². The van der Waals surface area contributed by atoms with Gasteiger partial charge < -0.3 is 10.1 Å². The van der Waals surface area contributed by atoms with E-state index in [1.165, 1.54) is 6.08 Å². The molecule has 0 saturated carbocycles. The first-order chi connectivity index (χ1) is 11.2. The molecule has 0 unspecified atom stereocenters. The maximum absolute atomic E-state index is 11.7. The number of amides is 1. The molecule has 0 radical (unpaired) electrons. The van der Waals surface area contributed by atoms with Crippen LogP contribution in [-0.2, 0) is 24.2 Å². The Hall–Kier alpha value is -1.67. The number of aryl methyl sites for hydroxylation is 1. The average molecular weight is 416 g/mol. The zero-order valence-corrected chi connectivity index (χ0v) is 15.5. The van der Waals surface area contributed by atoms with E-state index in [4.69, 9.17) is 4.74 Å². The second-order valence-corrected chi connectivity index (χ2v) is 8.72. The first kappa shape index (κ1) is 18.7. The van der Waals surface area contributed by atoms with Gasteiger partial charge in [0.2, 0.25) is 0 Å². The zero-order valence-electron chi connectivity index (χ0n) is 13.1. The molecule has 0 spiro atoms. The van der Waals surface area contributed by atoms with Gasteiger partial charge in [-0.25, -0.2) is 13.2 Å². The van der Waals surface area contributed by atoms with E-state index in [1.54, 1.807) is 6.08 Å². The number of halogens is 1. The van der Waals surface area contributed by atoms with Crippen LogP contribution in [0.3, 0.4) is 0 Å². The van der Waals surface area contributed by atoms with E-state index in [1.807, 2.05) is 25.1 Å². The number of ether oxygens (including phenoxy) is 1. The quantitative estimate of drug-likeness (QED) is 0.582. The highest BCUT2D eigenvalue weighted by Gasteiger charge is 2.28. The van der Waals surface area contributed by atoms with Crippen molar-refractivity contribution in [2.75, 3.05) is 18.1 Å². The Morgan fingerprint density at radius 2 is 2.17 bits per heavy atom. The summed E-state index contributed by atoms with van der Waals surface area (Å²) in [5.74, 6) is -1.13. The van der Waals surface area contributed by atoms with Crippen molar-refractivity contribution in [3.05, 3.63) is 39.9 Å². The van der Waals surface area contributed by atoms with E-state index in [2.05, 4.69) is 21.2 Å². The molecule has 8 heteroatoms. The fourth-order valence-corrected chi connectivity index (χ4v) is 4.59. The Balaban J connectivity index is 1.78. The van der Waals surface area contributed by atoms with Crippen molar-refractivity contribution >= 4 is 43.7 Å². The molecule has 1 fully saturated rings. The molecule has 1 N–H and O–H groups in total. The number of sulfone groups is 1. The minimum atomic E-state index is -3.06. The number of benzene rings is 1. The van der Waals surface area contributed by atoms with Crippen molar-refractivity contribution in [3.63, 3.8) is 0 Å². The summed E-state index contributed by atoms with van der Waals surface area (Å²) in [7, 11) is -3.06. The van der Waals surface area contributed by atoms with Crippen LogP contribution in [0.1, 0.15) is 17.5 Å². The van der Waals surface area contributed by atoms with E-state index < -0.39 is 34.4 Å². The summed E-state index contributed by atoms with van der Waals surface area (Å²) in [5.41, 5.74) is 1.91. The molecule has 1 amide bonds. The molecule has 0 aliphatic carbocycles. The van der Waals surface area contributed by atoms with E-state index in [0.29, 0.717) is 6.42 Å². The number of nitrogens with one attached hydrogen (secondary N) is 1. The van der Waals surface area contributed by atoms with Crippen molar-refractivity contribution in [3.8, 4) is 0 Å². The van der Waals surface area contributed by atoms with Crippen LogP contribution in [0, 0.1) is 6.92 Å². The summed E-state index contributed by atoms with van der Waals surface area (Å²) in [5, 5.41) is 2.55. The molecule has 1 aliphatic heterocycles. The normalized spacial score (nSPS) is 19.3. The van der Waals surface area contributed by atoms with Crippen LogP contribution in [0.15, 0.2) is 28.7 Å². The van der Waals surface area contributed by atoms with Crippen LogP contribution in [0.4, 0.5) is 0 Å². The van der Waals surface area contributed by atoms with Gasteiger partial charge >= 0.3 is 5.97 Å². The van der Waals surface area contributed by atoms with Gasteiger partial charge in [-0.05, 0) is 36.6 Å². The van der Waals surface area contributed by atoms with Crippen LogP contribution < -0.4 is 5.32 Å². The van der Waals surface area contributed by atoms with Crippen molar-refractivity contribution in [2.45, 2.75) is 19.4 Å². The molecule has 0 bridgehead atoms. The fourth-order valence-electron chi connectivity index (χ4n) is 2.29. The standard InChI is InChI=1S/C16H18BrNO5S/c1-11-2-3-12(14(17)8-11)4-5-16(20)23-9-15(19)18-13-6-7-24(21,22)10-13/h2-5,8,13H,6-7,9-10H2,1H3,(H,18,19)/b5-4+/t13-/m0/s1. The maximum atomic E-state index is 11.7. The van der Waals surface area contributed by atoms with Gasteiger partial charge in [-0.2, -0.15) is 0 Å². The summed E-state index contributed by atoms with van der Waals surface area (Å²) in [4.78, 5) is 23.3. The van der Waals surface area contributed by atoms with Gasteiger partial charge in [-0.1, -0.05) is 28.1 Å². The zero-order chi connectivity index (χ0) is 17.7. The topological polar surface area (TPSA) is 89.5 Å². The highest BCUT2D eigenvalue weighted by molar-refractivity contribution is 9.10. The molecule has 24 heavy (non-hydrogen) atoms. The summed E-state index contributed by atoms with van der Waals surface area (Å²) in [6, 6.07) is 5.30. The fraction of sp³-hybridized carbons (Fsp3) is 0.375. The number of hydrogen-bond donors (Lipinski definition) is 1. The molecule has 1 saturated heterocycles. The van der Waals surface area contributed by atoms with Crippen molar-refractivity contribution in [1.82, 2.24) is 5.32 Å². The number of esters is 1. The molecule has 2 rings (SSSR count). The Morgan fingerprint density at radius 3 is 2.79 bits per heavy atom. The Kier molecular flexibility index (Phi) is 6.17. The van der Waals surface area contributed by atoms with E-state index in [9.17, 15) is 18.0 Å². The molecule has 1 aromatic carbocycles. The third-order valence-electron chi connectivity index (χ3n) is 3.50. The van der Waals surface area contributed by atoms with Gasteiger partial charge in [-0.15, -0.1) is 0 Å². The first-order valence-electron chi connectivity index (χ1n) is 7.36.